The second kappa shape index (κ2) is 4.87. The van der Waals surface area contributed by atoms with Crippen molar-refractivity contribution in [2.24, 2.45) is 7.05 Å². The summed E-state index contributed by atoms with van der Waals surface area (Å²) >= 11 is 0. The molecule has 0 radical (unpaired) electrons. The predicted octanol–water partition coefficient (Wildman–Crippen LogP) is 0.553. The molecule has 1 saturated heterocycles. The summed E-state index contributed by atoms with van der Waals surface area (Å²) in [5, 5.41) is 7.28. The Morgan fingerprint density at radius 2 is 2.41 bits per heavy atom. The molecule has 1 atom stereocenters. The average molecular weight is 236 g/mol. The van der Waals surface area contributed by atoms with Crippen LogP contribution in [0.5, 0.6) is 0 Å². The van der Waals surface area contributed by atoms with Crippen LogP contribution in [0.25, 0.3) is 0 Å². The summed E-state index contributed by atoms with van der Waals surface area (Å²) in [5.74, 6) is 0.119. The fourth-order valence-electron chi connectivity index (χ4n) is 2.41. The molecule has 5 heteroatoms. The van der Waals surface area contributed by atoms with Crippen molar-refractivity contribution in [3.8, 4) is 0 Å². The molecule has 2 heterocycles. The van der Waals surface area contributed by atoms with E-state index in [4.69, 9.17) is 0 Å². The second-order valence-corrected chi connectivity index (χ2v) is 4.62. The van der Waals surface area contributed by atoms with Gasteiger partial charge in [0.2, 0.25) is 0 Å². The zero-order chi connectivity index (χ0) is 12.4. The van der Waals surface area contributed by atoms with Crippen LogP contribution in [0.15, 0.2) is 6.20 Å². The number of aryl methyl sites for hydroxylation is 1. The number of carbonyl (C=O) groups is 1. The number of nitrogens with zero attached hydrogens (tertiary/aromatic N) is 3. The lowest BCUT2D eigenvalue weighted by Gasteiger charge is -2.24. The second-order valence-electron chi connectivity index (χ2n) is 4.62. The van der Waals surface area contributed by atoms with Gasteiger partial charge in [0.15, 0.2) is 0 Å². The third-order valence-corrected chi connectivity index (χ3v) is 3.54. The van der Waals surface area contributed by atoms with Crippen LogP contribution >= 0.6 is 0 Å². The number of aromatic nitrogens is 2. The average Bonchev–Trinajstić information content (AvgIpc) is 2.88. The van der Waals surface area contributed by atoms with Gasteiger partial charge < -0.3 is 10.2 Å². The van der Waals surface area contributed by atoms with E-state index in [0.29, 0.717) is 6.04 Å². The number of hydrogen-bond donors (Lipinski definition) is 1. The van der Waals surface area contributed by atoms with E-state index in [9.17, 15) is 4.79 Å². The Balaban J connectivity index is 2.17. The highest BCUT2D eigenvalue weighted by Crippen LogP contribution is 2.20. The van der Waals surface area contributed by atoms with Crippen molar-refractivity contribution in [1.82, 2.24) is 20.0 Å². The maximum Gasteiger partial charge on any atom is 0.257 e. The van der Waals surface area contributed by atoms with Gasteiger partial charge in [-0.1, -0.05) is 0 Å². The first-order chi connectivity index (χ1) is 8.15. The summed E-state index contributed by atoms with van der Waals surface area (Å²) in [5.41, 5.74) is 1.67. The number of likely N-dealkylation sites (N-methyl/N-ethyl adjacent to an activating group) is 1. The highest BCUT2D eigenvalue weighted by atomic mass is 16.2. The minimum atomic E-state index is 0.119. The van der Waals surface area contributed by atoms with Crippen LogP contribution in [0.2, 0.25) is 0 Å². The van der Waals surface area contributed by atoms with Crippen LogP contribution in [0.4, 0.5) is 0 Å². The van der Waals surface area contributed by atoms with Crippen molar-refractivity contribution >= 4 is 5.91 Å². The Morgan fingerprint density at radius 1 is 1.65 bits per heavy atom. The zero-order valence-electron chi connectivity index (χ0n) is 10.7. The number of rotatable bonds is 3. The van der Waals surface area contributed by atoms with Gasteiger partial charge in [0.1, 0.15) is 0 Å². The molecule has 17 heavy (non-hydrogen) atoms. The van der Waals surface area contributed by atoms with Crippen LogP contribution < -0.4 is 5.32 Å². The van der Waals surface area contributed by atoms with E-state index < -0.39 is 0 Å². The Kier molecular flexibility index (Phi) is 3.47. The van der Waals surface area contributed by atoms with Gasteiger partial charge in [0, 0.05) is 31.9 Å². The van der Waals surface area contributed by atoms with Gasteiger partial charge >= 0.3 is 0 Å². The number of likely N-dealkylation sites (tertiary alicyclic amines) is 1. The molecule has 0 bridgehead atoms. The molecular formula is C12H20N4O. The molecule has 0 aromatic carbocycles. The van der Waals surface area contributed by atoms with Crippen LogP contribution in [0, 0.1) is 6.92 Å². The van der Waals surface area contributed by atoms with Gasteiger partial charge in [-0.3, -0.25) is 9.48 Å². The smallest absolute Gasteiger partial charge is 0.257 e. The Morgan fingerprint density at radius 3 is 3.00 bits per heavy atom. The largest absolute Gasteiger partial charge is 0.334 e. The predicted molar refractivity (Wildman–Crippen MR) is 65.9 cm³/mol. The Hall–Kier alpha value is -1.36. The zero-order valence-corrected chi connectivity index (χ0v) is 10.7. The maximum atomic E-state index is 12.4. The van der Waals surface area contributed by atoms with Gasteiger partial charge in [-0.05, 0) is 26.8 Å². The topological polar surface area (TPSA) is 50.2 Å². The van der Waals surface area contributed by atoms with Gasteiger partial charge in [-0.15, -0.1) is 0 Å². The Bertz CT molecular complexity index is 413. The summed E-state index contributed by atoms with van der Waals surface area (Å²) in [6.45, 7) is 3.66. The van der Waals surface area contributed by atoms with Crippen LogP contribution in [0.3, 0.4) is 0 Å². The first kappa shape index (κ1) is 12.1. The van der Waals surface area contributed by atoms with Crippen LogP contribution in [0.1, 0.15) is 28.9 Å². The molecule has 5 nitrogen and oxygen atoms in total. The van der Waals surface area contributed by atoms with E-state index in [0.717, 1.165) is 37.2 Å². The summed E-state index contributed by atoms with van der Waals surface area (Å²) < 4.78 is 1.75. The molecule has 2 rings (SSSR count). The Labute approximate surface area is 102 Å². The van der Waals surface area contributed by atoms with Crippen LogP contribution in [-0.2, 0) is 7.05 Å². The molecule has 94 valence electrons. The molecule has 0 unspecified atom stereocenters. The van der Waals surface area contributed by atoms with E-state index in [2.05, 4.69) is 10.4 Å². The minimum Gasteiger partial charge on any atom is -0.334 e. The van der Waals surface area contributed by atoms with E-state index in [1.807, 2.05) is 25.9 Å². The van der Waals surface area contributed by atoms with Gasteiger partial charge in [-0.25, -0.2) is 0 Å². The minimum absolute atomic E-state index is 0.119. The fourth-order valence-corrected chi connectivity index (χ4v) is 2.41. The summed E-state index contributed by atoms with van der Waals surface area (Å²) in [6.07, 6.45) is 3.86. The molecule has 1 amide bonds. The first-order valence-corrected chi connectivity index (χ1v) is 6.09. The highest BCUT2D eigenvalue weighted by molar-refractivity contribution is 5.95. The van der Waals surface area contributed by atoms with Crippen molar-refractivity contribution < 1.29 is 4.79 Å². The van der Waals surface area contributed by atoms with Crippen molar-refractivity contribution in [3.63, 3.8) is 0 Å². The molecule has 0 spiro atoms. The third kappa shape index (κ3) is 2.20. The number of nitrogens with one attached hydrogen (secondary N) is 1. The highest BCUT2D eigenvalue weighted by Gasteiger charge is 2.30. The summed E-state index contributed by atoms with van der Waals surface area (Å²) in [4.78, 5) is 14.4. The molecule has 1 aliphatic heterocycles. The van der Waals surface area contributed by atoms with Gasteiger partial charge in [0.05, 0.1) is 11.8 Å². The molecule has 0 saturated carbocycles. The molecule has 1 aliphatic rings. The molecule has 1 aromatic heterocycles. The quantitative estimate of drug-likeness (QED) is 0.834. The normalized spacial score (nSPS) is 19.9. The molecule has 1 aromatic rings. The number of amides is 1. The van der Waals surface area contributed by atoms with E-state index in [1.54, 1.807) is 10.9 Å². The third-order valence-electron chi connectivity index (χ3n) is 3.54. The molecule has 1 N–H and O–H groups in total. The number of hydrogen-bond acceptors (Lipinski definition) is 3. The van der Waals surface area contributed by atoms with Gasteiger partial charge in [-0.2, -0.15) is 5.10 Å². The maximum absolute atomic E-state index is 12.4. The van der Waals surface area contributed by atoms with E-state index in [1.165, 1.54) is 0 Å². The van der Waals surface area contributed by atoms with Gasteiger partial charge in [0.25, 0.3) is 5.91 Å². The summed E-state index contributed by atoms with van der Waals surface area (Å²) in [6, 6.07) is 0.326. The molecule has 1 fully saturated rings. The van der Waals surface area contributed by atoms with Crippen molar-refractivity contribution in [2.75, 3.05) is 20.1 Å². The standard InChI is InChI=1S/C12H20N4O/c1-9-11(8-14-15(9)3)12(17)16-6-4-5-10(16)7-13-2/h8,10,13H,4-7H2,1-3H3/t10-/m0/s1. The lowest BCUT2D eigenvalue weighted by atomic mass is 10.2. The molecule has 0 aliphatic carbocycles. The van der Waals surface area contributed by atoms with Crippen molar-refractivity contribution in [1.29, 1.82) is 0 Å². The summed E-state index contributed by atoms with van der Waals surface area (Å²) in [7, 11) is 3.79. The lowest BCUT2D eigenvalue weighted by molar-refractivity contribution is 0.0736. The lowest BCUT2D eigenvalue weighted by Crippen LogP contribution is -2.41. The van der Waals surface area contributed by atoms with E-state index >= 15 is 0 Å². The SMILES string of the molecule is CNC[C@@H]1CCCN1C(=O)c1cnn(C)c1C. The van der Waals surface area contributed by atoms with Crippen LogP contribution in [-0.4, -0.2) is 46.8 Å². The first-order valence-electron chi connectivity index (χ1n) is 6.09. The number of carbonyl (C=O) groups excluding carboxylic acids is 1. The van der Waals surface area contributed by atoms with Crippen molar-refractivity contribution in [3.05, 3.63) is 17.5 Å². The molecular weight excluding hydrogens is 216 g/mol. The monoisotopic (exact) mass is 236 g/mol. The van der Waals surface area contributed by atoms with E-state index in [-0.39, 0.29) is 5.91 Å². The fraction of sp³-hybridized carbons (Fsp3) is 0.667. The van der Waals surface area contributed by atoms with Crippen molar-refractivity contribution in [2.45, 2.75) is 25.8 Å².